The Morgan fingerprint density at radius 3 is 3.17 bits per heavy atom. The van der Waals surface area contributed by atoms with Gasteiger partial charge in [0.15, 0.2) is 5.78 Å². The van der Waals surface area contributed by atoms with Crippen molar-refractivity contribution >= 4 is 28.3 Å². The van der Waals surface area contributed by atoms with Gasteiger partial charge in [0.25, 0.3) is 0 Å². The lowest BCUT2D eigenvalue weighted by Gasteiger charge is -2.07. The fourth-order valence-electron chi connectivity index (χ4n) is 2.47. The van der Waals surface area contributed by atoms with Crippen LogP contribution in [-0.4, -0.2) is 23.5 Å². The largest absolute Gasteiger partial charge is 0.378 e. The Kier molecular flexibility index (Phi) is 3.10. The number of nitrogens with one attached hydrogen (secondary N) is 1. The number of Topliss-reactive ketones (excluding diaryl/α,β-unsaturated/α-hetero) is 1. The molecule has 0 saturated carbocycles. The quantitative estimate of drug-likeness (QED) is 0.860. The van der Waals surface area contributed by atoms with Gasteiger partial charge in [-0.15, -0.1) is 0 Å². The van der Waals surface area contributed by atoms with Crippen molar-refractivity contribution in [1.29, 1.82) is 0 Å². The smallest absolute Gasteiger partial charge is 0.167 e. The van der Waals surface area contributed by atoms with E-state index in [1.165, 1.54) is 0 Å². The number of carbonyl (C=O) groups is 1. The normalized spacial score (nSPS) is 19.5. The summed E-state index contributed by atoms with van der Waals surface area (Å²) < 4.78 is 5.50. The number of ether oxygens (including phenoxy) is 1. The van der Waals surface area contributed by atoms with Gasteiger partial charge < -0.3 is 9.72 Å². The number of halogens is 1. The summed E-state index contributed by atoms with van der Waals surface area (Å²) >= 11 is 6.08. The summed E-state index contributed by atoms with van der Waals surface area (Å²) in [4.78, 5) is 15.3. The van der Waals surface area contributed by atoms with Crippen LogP contribution in [0.4, 0.5) is 0 Å². The first kappa shape index (κ1) is 11.8. The Balaban J connectivity index is 1.89. The zero-order valence-electron chi connectivity index (χ0n) is 9.91. The molecule has 0 amide bonds. The number of carbonyl (C=O) groups excluding carboxylic acids is 1. The molecule has 2 heterocycles. The topological polar surface area (TPSA) is 42.1 Å². The summed E-state index contributed by atoms with van der Waals surface area (Å²) in [6.45, 7) is 0.775. The molecule has 94 valence electrons. The zero-order valence-corrected chi connectivity index (χ0v) is 10.7. The maximum atomic E-state index is 12.2. The Labute approximate surface area is 110 Å². The molecule has 1 unspecified atom stereocenters. The lowest BCUT2D eigenvalue weighted by molar-refractivity contribution is 0.0777. The van der Waals surface area contributed by atoms with Crippen LogP contribution in [0.3, 0.4) is 0 Å². The van der Waals surface area contributed by atoms with Crippen LogP contribution >= 0.6 is 11.6 Å². The molecule has 1 saturated heterocycles. The third-order valence-corrected chi connectivity index (χ3v) is 3.72. The molecule has 1 fully saturated rings. The number of fused-ring (bicyclic) bond motifs is 1. The van der Waals surface area contributed by atoms with E-state index in [2.05, 4.69) is 4.98 Å². The van der Waals surface area contributed by atoms with Gasteiger partial charge in [-0.3, -0.25) is 4.79 Å². The molecule has 1 atom stereocenters. The van der Waals surface area contributed by atoms with Crippen molar-refractivity contribution in [3.8, 4) is 0 Å². The number of H-pyrrole nitrogens is 1. The third-order valence-electron chi connectivity index (χ3n) is 3.40. The molecule has 3 rings (SSSR count). The minimum atomic E-state index is 0.0848. The summed E-state index contributed by atoms with van der Waals surface area (Å²) in [7, 11) is 0. The second kappa shape index (κ2) is 4.75. The fraction of sp³-hybridized carbons (Fsp3) is 0.357. The lowest BCUT2D eigenvalue weighted by atomic mass is 10.0. The van der Waals surface area contributed by atoms with Crippen LogP contribution in [0.5, 0.6) is 0 Å². The average molecular weight is 264 g/mol. The molecule has 2 aromatic rings. The van der Waals surface area contributed by atoms with Crippen LogP contribution in [0.25, 0.3) is 10.9 Å². The first-order valence-electron chi connectivity index (χ1n) is 6.16. The minimum Gasteiger partial charge on any atom is -0.378 e. The van der Waals surface area contributed by atoms with Crippen LogP contribution in [0.15, 0.2) is 24.4 Å². The van der Waals surface area contributed by atoms with Crippen molar-refractivity contribution in [1.82, 2.24) is 4.98 Å². The van der Waals surface area contributed by atoms with E-state index in [9.17, 15) is 4.79 Å². The number of benzene rings is 1. The highest BCUT2D eigenvalue weighted by molar-refractivity contribution is 6.35. The standard InChI is InChI=1S/C14H14ClNO2/c15-12-5-1-4-10-11(8-16-14(10)12)13(17)7-9-3-2-6-18-9/h1,4-5,8-9,16H,2-3,6-7H2. The second-order valence-electron chi connectivity index (χ2n) is 4.63. The number of aromatic nitrogens is 1. The summed E-state index contributed by atoms with van der Waals surface area (Å²) in [5.41, 5.74) is 1.54. The van der Waals surface area contributed by atoms with Gasteiger partial charge in [0.1, 0.15) is 0 Å². The molecule has 0 spiro atoms. The van der Waals surface area contributed by atoms with Crippen molar-refractivity contribution < 1.29 is 9.53 Å². The molecule has 3 nitrogen and oxygen atoms in total. The van der Waals surface area contributed by atoms with Crippen LogP contribution in [-0.2, 0) is 4.74 Å². The van der Waals surface area contributed by atoms with E-state index in [1.54, 1.807) is 6.20 Å². The van der Waals surface area contributed by atoms with E-state index in [1.807, 2.05) is 18.2 Å². The highest BCUT2D eigenvalue weighted by Gasteiger charge is 2.21. The summed E-state index contributed by atoms with van der Waals surface area (Å²) in [5, 5.41) is 1.54. The highest BCUT2D eigenvalue weighted by Crippen LogP contribution is 2.27. The SMILES string of the molecule is O=C(CC1CCCO1)c1c[nH]c2c(Cl)cccc12. The third kappa shape index (κ3) is 2.04. The Morgan fingerprint density at radius 2 is 2.39 bits per heavy atom. The van der Waals surface area contributed by atoms with E-state index in [0.717, 1.165) is 30.4 Å². The van der Waals surface area contributed by atoms with Gasteiger partial charge in [0.2, 0.25) is 0 Å². The molecule has 0 aliphatic carbocycles. The number of para-hydroxylation sites is 1. The maximum absolute atomic E-state index is 12.2. The van der Waals surface area contributed by atoms with Crippen molar-refractivity contribution in [2.45, 2.75) is 25.4 Å². The van der Waals surface area contributed by atoms with E-state index < -0.39 is 0 Å². The van der Waals surface area contributed by atoms with Crippen molar-refractivity contribution in [2.75, 3.05) is 6.61 Å². The van der Waals surface area contributed by atoms with E-state index >= 15 is 0 Å². The molecule has 0 radical (unpaired) electrons. The van der Waals surface area contributed by atoms with Crippen LogP contribution < -0.4 is 0 Å². The van der Waals surface area contributed by atoms with Gasteiger partial charge >= 0.3 is 0 Å². The zero-order chi connectivity index (χ0) is 12.5. The first-order valence-corrected chi connectivity index (χ1v) is 6.54. The lowest BCUT2D eigenvalue weighted by Crippen LogP contribution is -2.12. The Morgan fingerprint density at radius 1 is 1.50 bits per heavy atom. The number of hydrogen-bond acceptors (Lipinski definition) is 2. The molecular weight excluding hydrogens is 250 g/mol. The Hall–Kier alpha value is -1.32. The van der Waals surface area contributed by atoms with Crippen molar-refractivity contribution in [3.05, 3.63) is 35.0 Å². The average Bonchev–Trinajstić information content (AvgIpc) is 2.98. The summed E-state index contributed by atoms with van der Waals surface area (Å²) in [5.74, 6) is 0.121. The Bertz CT molecular complexity index is 584. The molecule has 0 bridgehead atoms. The molecule has 1 aliphatic rings. The highest BCUT2D eigenvalue weighted by atomic mass is 35.5. The minimum absolute atomic E-state index is 0.0848. The molecule has 18 heavy (non-hydrogen) atoms. The fourth-order valence-corrected chi connectivity index (χ4v) is 2.70. The summed E-state index contributed by atoms with van der Waals surface area (Å²) in [6.07, 6.45) is 4.32. The van der Waals surface area contributed by atoms with Crippen LogP contribution in [0.1, 0.15) is 29.6 Å². The monoisotopic (exact) mass is 263 g/mol. The van der Waals surface area contributed by atoms with Gasteiger partial charge in [-0.05, 0) is 18.9 Å². The van der Waals surface area contributed by atoms with Gasteiger partial charge in [-0.2, -0.15) is 0 Å². The molecule has 4 heteroatoms. The molecular formula is C14H14ClNO2. The van der Waals surface area contributed by atoms with Crippen molar-refractivity contribution in [3.63, 3.8) is 0 Å². The maximum Gasteiger partial charge on any atom is 0.167 e. The van der Waals surface area contributed by atoms with Gasteiger partial charge in [-0.25, -0.2) is 0 Å². The second-order valence-corrected chi connectivity index (χ2v) is 5.03. The van der Waals surface area contributed by atoms with Crippen molar-refractivity contribution in [2.24, 2.45) is 0 Å². The summed E-state index contributed by atoms with van der Waals surface area (Å²) in [6, 6.07) is 5.59. The molecule has 1 aliphatic heterocycles. The number of aromatic amines is 1. The molecule has 1 N–H and O–H groups in total. The number of hydrogen-bond donors (Lipinski definition) is 1. The van der Waals surface area contributed by atoms with Crippen LogP contribution in [0, 0.1) is 0 Å². The van der Waals surface area contributed by atoms with E-state index in [-0.39, 0.29) is 11.9 Å². The molecule has 1 aromatic carbocycles. The van der Waals surface area contributed by atoms with E-state index in [4.69, 9.17) is 16.3 Å². The molecule has 1 aromatic heterocycles. The van der Waals surface area contributed by atoms with Gasteiger partial charge in [-0.1, -0.05) is 23.7 Å². The van der Waals surface area contributed by atoms with Crippen LogP contribution in [0.2, 0.25) is 5.02 Å². The predicted octanol–water partition coefficient (Wildman–Crippen LogP) is 3.57. The van der Waals surface area contributed by atoms with Gasteiger partial charge in [0, 0.05) is 30.2 Å². The predicted molar refractivity (Wildman–Crippen MR) is 71.2 cm³/mol. The van der Waals surface area contributed by atoms with Gasteiger partial charge in [0.05, 0.1) is 16.6 Å². The first-order chi connectivity index (χ1) is 8.75. The number of rotatable bonds is 3. The van der Waals surface area contributed by atoms with E-state index in [0.29, 0.717) is 17.0 Å². The number of ketones is 1.